The molecule has 1 aromatic carbocycles. The predicted octanol–water partition coefficient (Wildman–Crippen LogP) is 1.74. The highest BCUT2D eigenvalue weighted by atomic mass is 16.5. The van der Waals surface area contributed by atoms with Gasteiger partial charge < -0.3 is 15.0 Å². The summed E-state index contributed by atoms with van der Waals surface area (Å²) >= 11 is 0. The summed E-state index contributed by atoms with van der Waals surface area (Å²) in [4.78, 5) is 31.4. The fraction of sp³-hybridized carbons (Fsp3) is 0.421. The molecule has 3 heterocycles. The average Bonchev–Trinajstić information content (AvgIpc) is 3.02. The van der Waals surface area contributed by atoms with Gasteiger partial charge in [-0.2, -0.15) is 0 Å². The Hall–Kier alpha value is -2.47. The predicted molar refractivity (Wildman–Crippen MR) is 93.2 cm³/mol. The lowest BCUT2D eigenvalue weighted by atomic mass is 10.1. The van der Waals surface area contributed by atoms with Gasteiger partial charge in [0, 0.05) is 49.1 Å². The third-order valence-electron chi connectivity index (χ3n) is 5.10. The summed E-state index contributed by atoms with van der Waals surface area (Å²) in [5.74, 6) is -0.175. The molecular weight excluding hydrogens is 318 g/mol. The van der Waals surface area contributed by atoms with Gasteiger partial charge in [-0.05, 0) is 36.8 Å². The van der Waals surface area contributed by atoms with Gasteiger partial charge in [0.05, 0.1) is 0 Å². The summed E-state index contributed by atoms with van der Waals surface area (Å²) in [6.07, 6.45) is 5.83. The van der Waals surface area contributed by atoms with Gasteiger partial charge in [-0.3, -0.25) is 14.6 Å². The molecule has 2 aromatic rings. The third-order valence-corrected chi connectivity index (χ3v) is 5.10. The Bertz CT molecular complexity index is 796. The fourth-order valence-electron chi connectivity index (χ4n) is 3.75. The van der Waals surface area contributed by atoms with Crippen molar-refractivity contribution < 1.29 is 14.3 Å². The standard InChI is InChI=1S/C19H21N3O3/c23-18(16-3-1-2-13-12-20-8-4-15(13)16)21-17-5-9-22(19(17)24)14-6-10-25-11-7-14/h1-4,8,12,14,17H,5-7,9-11H2,(H,21,23). The Balaban J connectivity index is 1.48. The number of likely N-dealkylation sites (tertiary alicyclic amines) is 1. The van der Waals surface area contributed by atoms with E-state index in [1.165, 1.54) is 0 Å². The van der Waals surface area contributed by atoms with E-state index in [1.54, 1.807) is 18.5 Å². The number of rotatable bonds is 3. The van der Waals surface area contributed by atoms with Crippen LogP contribution in [0.2, 0.25) is 0 Å². The summed E-state index contributed by atoms with van der Waals surface area (Å²) in [5.41, 5.74) is 0.581. The number of benzene rings is 1. The molecular formula is C19H21N3O3. The van der Waals surface area contributed by atoms with E-state index in [0.29, 0.717) is 31.7 Å². The number of aromatic nitrogens is 1. The van der Waals surface area contributed by atoms with Crippen molar-refractivity contribution in [2.75, 3.05) is 19.8 Å². The molecule has 2 saturated heterocycles. The van der Waals surface area contributed by atoms with Gasteiger partial charge in [0.1, 0.15) is 6.04 Å². The van der Waals surface area contributed by atoms with Gasteiger partial charge in [0.2, 0.25) is 5.91 Å². The van der Waals surface area contributed by atoms with Crippen LogP contribution in [-0.2, 0) is 9.53 Å². The normalized spacial score (nSPS) is 21.7. The van der Waals surface area contributed by atoms with Gasteiger partial charge >= 0.3 is 0 Å². The summed E-state index contributed by atoms with van der Waals surface area (Å²) in [5, 5.41) is 4.69. The van der Waals surface area contributed by atoms with Gasteiger partial charge in [0.25, 0.3) is 5.91 Å². The van der Waals surface area contributed by atoms with Crippen LogP contribution < -0.4 is 5.32 Å². The first kappa shape index (κ1) is 16.0. The number of nitrogens with one attached hydrogen (secondary N) is 1. The lowest BCUT2D eigenvalue weighted by molar-refractivity contribution is -0.132. The second-order valence-corrected chi connectivity index (χ2v) is 6.59. The minimum atomic E-state index is -0.438. The molecule has 130 valence electrons. The molecule has 0 radical (unpaired) electrons. The zero-order chi connectivity index (χ0) is 17.2. The highest BCUT2D eigenvalue weighted by Gasteiger charge is 2.37. The first-order valence-corrected chi connectivity index (χ1v) is 8.76. The van der Waals surface area contributed by atoms with Crippen LogP contribution in [0.15, 0.2) is 36.7 Å². The molecule has 0 saturated carbocycles. The smallest absolute Gasteiger partial charge is 0.252 e. The maximum absolute atomic E-state index is 12.7. The number of carbonyl (C=O) groups is 2. The number of nitrogens with zero attached hydrogens (tertiary/aromatic N) is 2. The van der Waals surface area contributed by atoms with E-state index < -0.39 is 6.04 Å². The minimum Gasteiger partial charge on any atom is -0.381 e. The number of ether oxygens (including phenoxy) is 1. The van der Waals surface area contributed by atoms with Crippen LogP contribution >= 0.6 is 0 Å². The SMILES string of the molecule is O=C(NC1CCN(C2CCOCC2)C1=O)c1cccc2cnccc12. The van der Waals surface area contributed by atoms with Crippen LogP contribution in [0.4, 0.5) is 0 Å². The molecule has 2 aliphatic rings. The number of hydrogen-bond acceptors (Lipinski definition) is 4. The van der Waals surface area contributed by atoms with Crippen LogP contribution in [0, 0.1) is 0 Å². The first-order chi connectivity index (χ1) is 12.2. The van der Waals surface area contributed by atoms with Gasteiger partial charge in [-0.25, -0.2) is 0 Å². The zero-order valence-electron chi connectivity index (χ0n) is 14.0. The minimum absolute atomic E-state index is 0.0298. The van der Waals surface area contributed by atoms with Gasteiger partial charge in [0.15, 0.2) is 0 Å². The monoisotopic (exact) mass is 339 g/mol. The molecule has 2 aliphatic heterocycles. The quantitative estimate of drug-likeness (QED) is 0.925. The number of hydrogen-bond donors (Lipinski definition) is 1. The Morgan fingerprint density at radius 3 is 2.88 bits per heavy atom. The molecule has 1 N–H and O–H groups in total. The third kappa shape index (κ3) is 3.09. The lowest BCUT2D eigenvalue weighted by Crippen LogP contribution is -2.46. The molecule has 6 heteroatoms. The fourth-order valence-corrected chi connectivity index (χ4v) is 3.75. The molecule has 25 heavy (non-hydrogen) atoms. The summed E-state index contributed by atoms with van der Waals surface area (Å²) in [7, 11) is 0. The summed E-state index contributed by atoms with van der Waals surface area (Å²) < 4.78 is 5.37. The number of amides is 2. The molecule has 1 aromatic heterocycles. The highest BCUT2D eigenvalue weighted by Crippen LogP contribution is 2.22. The van der Waals surface area contributed by atoms with Gasteiger partial charge in [-0.1, -0.05) is 12.1 Å². The van der Waals surface area contributed by atoms with E-state index in [4.69, 9.17) is 4.74 Å². The Morgan fingerprint density at radius 1 is 1.20 bits per heavy atom. The van der Waals surface area contributed by atoms with E-state index in [-0.39, 0.29) is 17.9 Å². The van der Waals surface area contributed by atoms with E-state index in [0.717, 1.165) is 23.6 Å². The van der Waals surface area contributed by atoms with Crippen molar-refractivity contribution in [3.8, 4) is 0 Å². The Morgan fingerprint density at radius 2 is 2.04 bits per heavy atom. The molecule has 0 bridgehead atoms. The number of pyridine rings is 1. The van der Waals surface area contributed by atoms with E-state index >= 15 is 0 Å². The molecule has 6 nitrogen and oxygen atoms in total. The molecule has 2 amide bonds. The molecule has 2 fully saturated rings. The average molecular weight is 339 g/mol. The topological polar surface area (TPSA) is 71.5 Å². The van der Waals surface area contributed by atoms with Crippen molar-refractivity contribution >= 4 is 22.6 Å². The lowest BCUT2D eigenvalue weighted by Gasteiger charge is -2.31. The van der Waals surface area contributed by atoms with Crippen molar-refractivity contribution in [2.24, 2.45) is 0 Å². The van der Waals surface area contributed by atoms with Crippen molar-refractivity contribution in [3.05, 3.63) is 42.2 Å². The Labute approximate surface area is 146 Å². The highest BCUT2D eigenvalue weighted by molar-refractivity contribution is 6.08. The van der Waals surface area contributed by atoms with E-state index in [2.05, 4.69) is 10.3 Å². The van der Waals surface area contributed by atoms with Crippen LogP contribution in [0.25, 0.3) is 10.8 Å². The van der Waals surface area contributed by atoms with Crippen molar-refractivity contribution in [1.82, 2.24) is 15.2 Å². The van der Waals surface area contributed by atoms with E-state index in [1.807, 2.05) is 23.1 Å². The Kier molecular flexibility index (Phi) is 4.36. The van der Waals surface area contributed by atoms with Crippen LogP contribution in [0.5, 0.6) is 0 Å². The second-order valence-electron chi connectivity index (χ2n) is 6.59. The molecule has 1 unspecified atom stereocenters. The van der Waals surface area contributed by atoms with Crippen molar-refractivity contribution in [3.63, 3.8) is 0 Å². The summed E-state index contributed by atoms with van der Waals surface area (Å²) in [6.45, 7) is 2.11. The maximum atomic E-state index is 12.7. The largest absolute Gasteiger partial charge is 0.381 e. The molecule has 0 aliphatic carbocycles. The first-order valence-electron chi connectivity index (χ1n) is 8.76. The zero-order valence-corrected chi connectivity index (χ0v) is 14.0. The molecule has 4 rings (SSSR count). The van der Waals surface area contributed by atoms with Gasteiger partial charge in [-0.15, -0.1) is 0 Å². The summed E-state index contributed by atoms with van der Waals surface area (Å²) in [6, 6.07) is 7.18. The van der Waals surface area contributed by atoms with Crippen molar-refractivity contribution in [1.29, 1.82) is 0 Å². The van der Waals surface area contributed by atoms with Crippen LogP contribution in [-0.4, -0.2) is 53.5 Å². The molecule has 0 spiro atoms. The molecule has 1 atom stereocenters. The second kappa shape index (κ2) is 6.80. The van der Waals surface area contributed by atoms with Crippen molar-refractivity contribution in [2.45, 2.75) is 31.3 Å². The number of fused-ring (bicyclic) bond motifs is 1. The van der Waals surface area contributed by atoms with Crippen LogP contribution in [0.1, 0.15) is 29.6 Å². The number of carbonyl (C=O) groups excluding carboxylic acids is 2. The van der Waals surface area contributed by atoms with E-state index in [9.17, 15) is 9.59 Å². The van der Waals surface area contributed by atoms with Crippen LogP contribution in [0.3, 0.4) is 0 Å². The maximum Gasteiger partial charge on any atom is 0.252 e.